The molecular weight excluding hydrogens is 300 g/mol. The van der Waals surface area contributed by atoms with Gasteiger partial charge in [-0.2, -0.15) is 0 Å². The summed E-state index contributed by atoms with van der Waals surface area (Å²) in [6.07, 6.45) is 1.13. The maximum Gasteiger partial charge on any atom is 0.133 e. The van der Waals surface area contributed by atoms with Gasteiger partial charge in [0, 0.05) is 28.9 Å². The Bertz CT molecular complexity index is 729. The zero-order chi connectivity index (χ0) is 14.2. The lowest BCUT2D eigenvalue weighted by molar-refractivity contribution is 0.202. The Balaban J connectivity index is 1.69. The Kier molecular flexibility index (Phi) is 3.41. The van der Waals surface area contributed by atoms with Gasteiger partial charge in [0.15, 0.2) is 0 Å². The van der Waals surface area contributed by atoms with Crippen LogP contribution in [-0.4, -0.2) is 16.6 Å². The minimum absolute atomic E-state index is 0.358. The van der Waals surface area contributed by atoms with E-state index in [4.69, 9.17) is 4.52 Å². The zero-order valence-electron chi connectivity index (χ0n) is 11.8. The molecule has 4 heterocycles. The van der Waals surface area contributed by atoms with Crippen LogP contribution in [0.4, 0.5) is 0 Å². The molecule has 0 spiro atoms. The Hall–Kier alpha value is -1.43. The molecule has 1 aliphatic rings. The SMILES string of the molecule is Cc1cc(CN2CCc3sccc3[C@@H]2c2cccs2)no1. The predicted octanol–water partition coefficient (Wildman–Crippen LogP) is 4.25. The van der Waals surface area contributed by atoms with Crippen molar-refractivity contribution in [3.63, 3.8) is 0 Å². The van der Waals surface area contributed by atoms with E-state index in [1.807, 2.05) is 35.7 Å². The molecule has 0 N–H and O–H groups in total. The fourth-order valence-corrected chi connectivity index (χ4v) is 4.80. The van der Waals surface area contributed by atoms with E-state index in [-0.39, 0.29) is 0 Å². The molecule has 1 atom stereocenters. The first kappa shape index (κ1) is 13.2. The first-order valence-corrected chi connectivity index (χ1v) is 8.83. The lowest BCUT2D eigenvalue weighted by atomic mass is 9.98. The molecule has 1 aliphatic heterocycles. The van der Waals surface area contributed by atoms with Crippen molar-refractivity contribution in [3.05, 3.63) is 61.8 Å². The van der Waals surface area contributed by atoms with Crippen LogP contribution in [0.25, 0.3) is 0 Å². The van der Waals surface area contributed by atoms with E-state index >= 15 is 0 Å². The molecule has 0 aliphatic carbocycles. The molecule has 0 unspecified atom stereocenters. The standard InChI is InChI=1S/C16H16N2OS2/c1-11-9-12(17-19-11)10-18-6-4-14-13(5-8-21-14)16(18)15-3-2-7-20-15/h2-3,5,7-9,16H,4,6,10H2,1H3/t16-/m1/s1. The summed E-state index contributed by atoms with van der Waals surface area (Å²) in [5, 5.41) is 8.54. The molecule has 0 radical (unpaired) electrons. The van der Waals surface area contributed by atoms with Gasteiger partial charge < -0.3 is 4.52 Å². The summed E-state index contributed by atoms with van der Waals surface area (Å²) < 4.78 is 5.21. The topological polar surface area (TPSA) is 29.3 Å². The second-order valence-corrected chi connectivity index (χ2v) is 7.35. The van der Waals surface area contributed by atoms with Crippen LogP contribution in [0.15, 0.2) is 39.5 Å². The molecule has 21 heavy (non-hydrogen) atoms. The molecule has 108 valence electrons. The average Bonchev–Trinajstić information content (AvgIpc) is 3.20. The molecule has 0 saturated carbocycles. The highest BCUT2D eigenvalue weighted by Gasteiger charge is 2.30. The van der Waals surface area contributed by atoms with E-state index in [0.717, 1.165) is 31.0 Å². The minimum atomic E-state index is 0.358. The van der Waals surface area contributed by atoms with E-state index in [9.17, 15) is 0 Å². The first-order valence-electron chi connectivity index (χ1n) is 7.07. The molecule has 5 heteroatoms. The molecule has 0 aromatic carbocycles. The van der Waals surface area contributed by atoms with Gasteiger partial charge in [-0.25, -0.2) is 0 Å². The molecule has 3 aromatic heterocycles. The normalized spacial score (nSPS) is 18.8. The molecule has 0 amide bonds. The second-order valence-electron chi connectivity index (χ2n) is 5.37. The summed E-state index contributed by atoms with van der Waals surface area (Å²) in [4.78, 5) is 5.45. The van der Waals surface area contributed by atoms with Gasteiger partial charge in [0.25, 0.3) is 0 Å². The maximum atomic E-state index is 5.21. The number of rotatable bonds is 3. The summed E-state index contributed by atoms with van der Waals surface area (Å²) in [6, 6.07) is 9.05. The van der Waals surface area contributed by atoms with Crippen LogP contribution < -0.4 is 0 Å². The summed E-state index contributed by atoms with van der Waals surface area (Å²) >= 11 is 3.72. The third-order valence-corrected chi connectivity index (χ3v) is 5.84. The Morgan fingerprint density at radius 3 is 3.05 bits per heavy atom. The number of hydrogen-bond acceptors (Lipinski definition) is 5. The van der Waals surface area contributed by atoms with E-state index in [1.54, 1.807) is 0 Å². The van der Waals surface area contributed by atoms with Crippen LogP contribution in [0.5, 0.6) is 0 Å². The van der Waals surface area contributed by atoms with Crippen LogP contribution in [-0.2, 0) is 13.0 Å². The van der Waals surface area contributed by atoms with Gasteiger partial charge in [-0.3, -0.25) is 4.90 Å². The van der Waals surface area contributed by atoms with Gasteiger partial charge in [0.05, 0.1) is 11.7 Å². The van der Waals surface area contributed by atoms with Crippen molar-refractivity contribution in [1.29, 1.82) is 0 Å². The number of aromatic nitrogens is 1. The van der Waals surface area contributed by atoms with Crippen LogP contribution in [0, 0.1) is 6.92 Å². The molecule has 0 bridgehead atoms. The van der Waals surface area contributed by atoms with Gasteiger partial charge in [-0.1, -0.05) is 11.2 Å². The molecule has 3 aromatic rings. The highest BCUT2D eigenvalue weighted by atomic mass is 32.1. The van der Waals surface area contributed by atoms with Crippen molar-refractivity contribution in [2.24, 2.45) is 0 Å². The summed E-state index contributed by atoms with van der Waals surface area (Å²) in [7, 11) is 0. The van der Waals surface area contributed by atoms with Crippen molar-refractivity contribution < 1.29 is 4.52 Å². The lowest BCUT2D eigenvalue weighted by Gasteiger charge is -2.34. The third kappa shape index (κ3) is 2.46. The molecule has 4 rings (SSSR count). The van der Waals surface area contributed by atoms with Crippen LogP contribution >= 0.6 is 22.7 Å². The van der Waals surface area contributed by atoms with Gasteiger partial charge in [-0.15, -0.1) is 22.7 Å². The fourth-order valence-electron chi connectivity index (χ4n) is 3.02. The number of thiophene rings is 2. The second kappa shape index (κ2) is 5.40. The van der Waals surface area contributed by atoms with Crippen LogP contribution in [0.3, 0.4) is 0 Å². The average molecular weight is 316 g/mol. The number of nitrogens with zero attached hydrogens (tertiary/aromatic N) is 2. The highest BCUT2D eigenvalue weighted by molar-refractivity contribution is 7.10. The molecule has 0 saturated heterocycles. The smallest absolute Gasteiger partial charge is 0.133 e. The van der Waals surface area contributed by atoms with Gasteiger partial charge >= 0.3 is 0 Å². The molecular formula is C16H16N2OS2. The van der Waals surface area contributed by atoms with Crippen LogP contribution in [0.2, 0.25) is 0 Å². The Morgan fingerprint density at radius 2 is 2.29 bits per heavy atom. The first-order chi connectivity index (χ1) is 10.3. The highest BCUT2D eigenvalue weighted by Crippen LogP contribution is 2.39. The maximum absolute atomic E-state index is 5.21. The van der Waals surface area contributed by atoms with Gasteiger partial charge in [-0.05, 0) is 41.8 Å². The lowest BCUT2D eigenvalue weighted by Crippen LogP contribution is -2.34. The monoisotopic (exact) mass is 316 g/mol. The van der Waals surface area contributed by atoms with E-state index in [1.165, 1.54) is 15.3 Å². The molecule has 3 nitrogen and oxygen atoms in total. The number of hydrogen-bond donors (Lipinski definition) is 0. The Morgan fingerprint density at radius 1 is 1.33 bits per heavy atom. The van der Waals surface area contributed by atoms with Crippen molar-refractivity contribution in [3.8, 4) is 0 Å². The zero-order valence-corrected chi connectivity index (χ0v) is 13.4. The van der Waals surface area contributed by atoms with Gasteiger partial charge in [0.1, 0.15) is 5.76 Å². The van der Waals surface area contributed by atoms with E-state index in [2.05, 4.69) is 39.0 Å². The van der Waals surface area contributed by atoms with E-state index < -0.39 is 0 Å². The minimum Gasteiger partial charge on any atom is -0.361 e. The van der Waals surface area contributed by atoms with Crippen molar-refractivity contribution in [1.82, 2.24) is 10.1 Å². The van der Waals surface area contributed by atoms with Crippen molar-refractivity contribution in [2.75, 3.05) is 6.54 Å². The third-order valence-electron chi connectivity index (χ3n) is 3.92. The number of fused-ring (bicyclic) bond motifs is 1. The van der Waals surface area contributed by atoms with E-state index in [0.29, 0.717) is 6.04 Å². The summed E-state index contributed by atoms with van der Waals surface area (Å²) in [5.74, 6) is 0.880. The quantitative estimate of drug-likeness (QED) is 0.723. The van der Waals surface area contributed by atoms with Crippen molar-refractivity contribution >= 4 is 22.7 Å². The molecule has 0 fully saturated rings. The fraction of sp³-hybridized carbons (Fsp3) is 0.312. The number of aryl methyl sites for hydroxylation is 1. The largest absolute Gasteiger partial charge is 0.361 e. The van der Waals surface area contributed by atoms with Crippen molar-refractivity contribution in [2.45, 2.75) is 25.9 Å². The predicted molar refractivity (Wildman–Crippen MR) is 85.8 cm³/mol. The Labute approximate surface area is 131 Å². The van der Waals surface area contributed by atoms with Gasteiger partial charge in [0.2, 0.25) is 0 Å². The summed E-state index contributed by atoms with van der Waals surface area (Å²) in [5.41, 5.74) is 2.49. The summed E-state index contributed by atoms with van der Waals surface area (Å²) in [6.45, 7) is 3.86. The van der Waals surface area contributed by atoms with Crippen LogP contribution in [0.1, 0.15) is 32.8 Å².